The number of hydrogen-bond acceptors (Lipinski definition) is 3. The predicted octanol–water partition coefficient (Wildman–Crippen LogP) is 7.43. The van der Waals surface area contributed by atoms with E-state index < -0.39 is 6.10 Å². The van der Waals surface area contributed by atoms with E-state index in [1.54, 1.807) is 36.1 Å². The lowest BCUT2D eigenvalue weighted by molar-refractivity contribution is -0.122. The van der Waals surface area contributed by atoms with Gasteiger partial charge in [0.1, 0.15) is 5.75 Å². The van der Waals surface area contributed by atoms with Crippen molar-refractivity contribution in [1.29, 1.82) is 0 Å². The molecule has 4 aromatic rings. The van der Waals surface area contributed by atoms with E-state index in [9.17, 15) is 9.59 Å². The van der Waals surface area contributed by atoms with Crippen LogP contribution in [0.25, 0.3) is 10.8 Å². The highest BCUT2D eigenvalue weighted by atomic mass is 16.5. The predicted molar refractivity (Wildman–Crippen MR) is 152 cm³/mol. The Hall–Kier alpha value is -4.12. The van der Waals surface area contributed by atoms with E-state index in [0.717, 1.165) is 34.2 Å². The number of carbonyl (C=O) groups excluding carboxylic acids is 2. The average molecular weight is 495 g/mol. The van der Waals surface area contributed by atoms with Crippen LogP contribution in [0.4, 0.5) is 11.4 Å². The normalized spacial score (nSPS) is 12.5. The van der Waals surface area contributed by atoms with Gasteiger partial charge in [-0.05, 0) is 73.5 Å². The summed E-state index contributed by atoms with van der Waals surface area (Å²) >= 11 is 0. The zero-order valence-corrected chi connectivity index (χ0v) is 21.9. The number of para-hydroxylation sites is 1. The fourth-order valence-electron chi connectivity index (χ4n) is 4.42. The van der Waals surface area contributed by atoms with Crippen LogP contribution in [0.1, 0.15) is 56.0 Å². The van der Waals surface area contributed by atoms with E-state index in [0.29, 0.717) is 23.7 Å². The topological polar surface area (TPSA) is 58.6 Å². The lowest BCUT2D eigenvalue weighted by Crippen LogP contribution is -2.31. The molecule has 0 radical (unpaired) electrons. The van der Waals surface area contributed by atoms with Gasteiger partial charge in [-0.15, -0.1) is 0 Å². The Morgan fingerprint density at radius 1 is 0.838 bits per heavy atom. The Morgan fingerprint density at radius 3 is 2.24 bits per heavy atom. The molecule has 0 aliphatic carbocycles. The maximum atomic E-state index is 13.4. The van der Waals surface area contributed by atoms with E-state index in [2.05, 4.69) is 19.2 Å². The second-order valence-corrected chi connectivity index (χ2v) is 9.22. The van der Waals surface area contributed by atoms with Crippen LogP contribution in [-0.2, 0) is 4.79 Å². The number of amides is 2. The maximum absolute atomic E-state index is 13.4. The number of carbonyl (C=O) groups is 2. The van der Waals surface area contributed by atoms with Gasteiger partial charge in [-0.2, -0.15) is 0 Å². The molecule has 0 aliphatic rings. The second-order valence-electron chi connectivity index (χ2n) is 9.22. The van der Waals surface area contributed by atoms with Crippen molar-refractivity contribution in [3.8, 4) is 5.75 Å². The van der Waals surface area contributed by atoms with Crippen LogP contribution in [0, 0.1) is 0 Å². The molecular weight excluding hydrogens is 460 g/mol. The maximum Gasteiger partial charge on any atom is 0.265 e. The molecule has 0 aliphatic heterocycles. The van der Waals surface area contributed by atoms with Gasteiger partial charge in [-0.3, -0.25) is 9.59 Å². The number of anilines is 2. The molecule has 4 rings (SSSR count). The minimum Gasteiger partial charge on any atom is -0.481 e. The smallest absolute Gasteiger partial charge is 0.265 e. The van der Waals surface area contributed by atoms with Crippen molar-refractivity contribution in [2.75, 3.05) is 16.8 Å². The van der Waals surface area contributed by atoms with Crippen molar-refractivity contribution in [2.24, 2.45) is 0 Å². The average Bonchev–Trinajstić information content (AvgIpc) is 2.93. The molecule has 190 valence electrons. The number of fused-ring (bicyclic) bond motifs is 1. The fourth-order valence-corrected chi connectivity index (χ4v) is 4.42. The number of hydrogen-bond donors (Lipinski definition) is 1. The first-order valence-electron chi connectivity index (χ1n) is 12.9. The summed E-state index contributed by atoms with van der Waals surface area (Å²) in [5.74, 6) is 0.737. The molecule has 1 N–H and O–H groups in total. The molecule has 2 amide bonds. The summed E-state index contributed by atoms with van der Waals surface area (Å²) in [6, 6.07) is 28.9. The zero-order chi connectivity index (χ0) is 26.4. The van der Waals surface area contributed by atoms with E-state index in [-0.39, 0.29) is 11.8 Å². The summed E-state index contributed by atoms with van der Waals surface area (Å²) in [4.78, 5) is 28.0. The molecule has 0 fully saturated rings. The molecule has 0 saturated heterocycles. The van der Waals surface area contributed by atoms with Crippen molar-refractivity contribution in [2.45, 2.75) is 46.1 Å². The number of ether oxygens (including phenoxy) is 1. The lowest BCUT2D eigenvalue weighted by atomic mass is 9.98. The number of rotatable bonds is 9. The van der Waals surface area contributed by atoms with Gasteiger partial charge >= 0.3 is 0 Å². The van der Waals surface area contributed by atoms with Crippen molar-refractivity contribution in [3.63, 3.8) is 0 Å². The molecule has 2 atom stereocenters. The zero-order valence-electron chi connectivity index (χ0n) is 21.9. The van der Waals surface area contributed by atoms with Gasteiger partial charge in [0.25, 0.3) is 11.8 Å². The van der Waals surface area contributed by atoms with Gasteiger partial charge < -0.3 is 15.0 Å². The molecule has 2 unspecified atom stereocenters. The Bertz CT molecular complexity index is 1380. The van der Waals surface area contributed by atoms with Crippen LogP contribution >= 0.6 is 0 Å². The molecule has 0 aromatic heterocycles. The molecule has 0 bridgehead atoms. The third kappa shape index (κ3) is 5.83. The van der Waals surface area contributed by atoms with Crippen molar-refractivity contribution >= 4 is 34.0 Å². The Morgan fingerprint density at radius 2 is 1.51 bits per heavy atom. The highest BCUT2D eigenvalue weighted by Crippen LogP contribution is 2.30. The van der Waals surface area contributed by atoms with Gasteiger partial charge in [0, 0.05) is 23.2 Å². The van der Waals surface area contributed by atoms with Crippen LogP contribution < -0.4 is 15.0 Å². The van der Waals surface area contributed by atoms with Crippen LogP contribution in [-0.4, -0.2) is 24.5 Å². The standard InChI is InChI=1S/C32H34N2O3/c1-5-22(3)27-14-9-10-17-30(27)37-23(4)31(35)33-26-20-18-25(19-21-26)32(36)34(6-2)29-16-11-13-24-12-7-8-15-28(24)29/h7-23H,5-6H2,1-4H3,(H,33,35). The van der Waals surface area contributed by atoms with Gasteiger partial charge in [0.15, 0.2) is 6.10 Å². The van der Waals surface area contributed by atoms with Crippen LogP contribution in [0.5, 0.6) is 5.75 Å². The van der Waals surface area contributed by atoms with Gasteiger partial charge in [0.05, 0.1) is 5.69 Å². The summed E-state index contributed by atoms with van der Waals surface area (Å²) in [7, 11) is 0. The van der Waals surface area contributed by atoms with Crippen molar-refractivity contribution < 1.29 is 14.3 Å². The molecule has 4 aromatic carbocycles. The number of nitrogens with zero attached hydrogens (tertiary/aromatic N) is 1. The lowest BCUT2D eigenvalue weighted by Gasteiger charge is -2.23. The Balaban J connectivity index is 1.45. The molecular formula is C32H34N2O3. The molecule has 37 heavy (non-hydrogen) atoms. The van der Waals surface area contributed by atoms with Crippen molar-refractivity contribution in [1.82, 2.24) is 0 Å². The summed E-state index contributed by atoms with van der Waals surface area (Å²) in [6.45, 7) is 8.53. The third-order valence-electron chi connectivity index (χ3n) is 6.75. The minimum absolute atomic E-state index is 0.0879. The van der Waals surface area contributed by atoms with Gasteiger partial charge in [-0.25, -0.2) is 0 Å². The molecule has 5 nitrogen and oxygen atoms in total. The molecule has 5 heteroatoms. The van der Waals surface area contributed by atoms with Crippen LogP contribution in [0.15, 0.2) is 91.0 Å². The minimum atomic E-state index is -0.673. The van der Waals surface area contributed by atoms with Crippen molar-refractivity contribution in [3.05, 3.63) is 102 Å². The quantitative estimate of drug-likeness (QED) is 0.263. The highest BCUT2D eigenvalue weighted by molar-refractivity contribution is 6.11. The van der Waals surface area contributed by atoms with Gasteiger partial charge in [-0.1, -0.05) is 68.4 Å². The van der Waals surface area contributed by atoms with E-state index in [1.807, 2.05) is 73.7 Å². The Labute approximate surface area is 219 Å². The second kappa shape index (κ2) is 11.7. The molecule has 0 heterocycles. The van der Waals surface area contributed by atoms with Crippen LogP contribution in [0.3, 0.4) is 0 Å². The largest absolute Gasteiger partial charge is 0.481 e. The monoisotopic (exact) mass is 494 g/mol. The van der Waals surface area contributed by atoms with E-state index in [4.69, 9.17) is 4.74 Å². The van der Waals surface area contributed by atoms with E-state index >= 15 is 0 Å². The van der Waals surface area contributed by atoms with Crippen LogP contribution in [0.2, 0.25) is 0 Å². The first-order chi connectivity index (χ1) is 17.9. The Kier molecular flexibility index (Phi) is 8.24. The number of benzene rings is 4. The summed E-state index contributed by atoms with van der Waals surface area (Å²) in [6.07, 6.45) is 0.315. The number of nitrogens with one attached hydrogen (secondary N) is 1. The summed E-state index contributed by atoms with van der Waals surface area (Å²) < 4.78 is 6.02. The molecule has 0 saturated carbocycles. The SMILES string of the molecule is CCC(C)c1ccccc1OC(C)C(=O)Nc1ccc(C(=O)N(CC)c2cccc3ccccc23)cc1. The van der Waals surface area contributed by atoms with Gasteiger partial charge in [0.2, 0.25) is 0 Å². The first kappa shape index (κ1) is 26.0. The summed E-state index contributed by atoms with van der Waals surface area (Å²) in [5.41, 5.74) is 3.14. The fraction of sp³-hybridized carbons (Fsp3) is 0.250. The molecule has 0 spiro atoms. The summed E-state index contributed by atoms with van der Waals surface area (Å²) in [5, 5.41) is 5.03. The first-order valence-corrected chi connectivity index (χ1v) is 12.9. The van der Waals surface area contributed by atoms with E-state index in [1.165, 1.54) is 0 Å². The third-order valence-corrected chi connectivity index (χ3v) is 6.75. The highest BCUT2D eigenvalue weighted by Gasteiger charge is 2.20.